The summed E-state index contributed by atoms with van der Waals surface area (Å²) < 4.78 is 5.23. The number of non-ortho nitro benzene ring substituents is 2. The molecule has 166 valence electrons. The van der Waals surface area contributed by atoms with Crippen LogP contribution in [0.15, 0.2) is 71.8 Å². The Labute approximate surface area is 185 Å². The Morgan fingerprint density at radius 3 is 2.18 bits per heavy atom. The van der Waals surface area contributed by atoms with Gasteiger partial charge in [0.05, 0.1) is 33.3 Å². The highest BCUT2D eigenvalue weighted by molar-refractivity contribution is 5.98. The van der Waals surface area contributed by atoms with Crippen LogP contribution in [-0.2, 0) is 0 Å². The molecule has 0 saturated heterocycles. The Hall–Kier alpha value is -5.13. The summed E-state index contributed by atoms with van der Waals surface area (Å²) in [6.45, 7) is 0. The molecule has 0 fully saturated rings. The Kier molecular flexibility index (Phi) is 6.69. The van der Waals surface area contributed by atoms with Crippen molar-refractivity contribution in [2.45, 2.75) is 0 Å². The van der Waals surface area contributed by atoms with Gasteiger partial charge in [-0.25, -0.2) is 10.2 Å². The number of benzene rings is 3. The van der Waals surface area contributed by atoms with Gasteiger partial charge in [-0.3, -0.25) is 25.0 Å². The molecule has 0 unspecified atom stereocenters. The zero-order valence-corrected chi connectivity index (χ0v) is 16.6. The van der Waals surface area contributed by atoms with E-state index in [9.17, 15) is 34.9 Å². The minimum Gasteiger partial charge on any atom is -0.507 e. The van der Waals surface area contributed by atoms with Crippen LogP contribution in [-0.4, -0.2) is 33.0 Å². The van der Waals surface area contributed by atoms with Crippen LogP contribution in [0.5, 0.6) is 11.5 Å². The summed E-state index contributed by atoms with van der Waals surface area (Å²) in [4.78, 5) is 44.9. The third-order valence-corrected chi connectivity index (χ3v) is 4.20. The van der Waals surface area contributed by atoms with Gasteiger partial charge in [0, 0.05) is 17.7 Å². The molecular formula is C21H14N4O8. The molecule has 1 amide bonds. The molecule has 0 aliphatic rings. The van der Waals surface area contributed by atoms with Gasteiger partial charge >= 0.3 is 5.97 Å². The minimum absolute atomic E-state index is 0.00151. The van der Waals surface area contributed by atoms with Gasteiger partial charge in [-0.2, -0.15) is 5.10 Å². The number of hydrogen-bond acceptors (Lipinski definition) is 9. The SMILES string of the molecule is O=C(Oc1ccccc1/C=N\NC(=O)c1ccccc1O)c1cc([N+](=O)[O-])cc([N+](=O)[O-])c1. The predicted molar refractivity (Wildman–Crippen MR) is 114 cm³/mol. The lowest BCUT2D eigenvalue weighted by molar-refractivity contribution is -0.394. The van der Waals surface area contributed by atoms with Gasteiger partial charge in [-0.15, -0.1) is 0 Å². The van der Waals surface area contributed by atoms with Crippen LogP contribution in [0.1, 0.15) is 26.3 Å². The van der Waals surface area contributed by atoms with E-state index in [-0.39, 0.29) is 22.6 Å². The van der Waals surface area contributed by atoms with Gasteiger partial charge in [0.15, 0.2) is 0 Å². The largest absolute Gasteiger partial charge is 0.507 e. The molecule has 3 rings (SSSR count). The zero-order chi connectivity index (χ0) is 24.0. The second kappa shape index (κ2) is 9.78. The van der Waals surface area contributed by atoms with E-state index in [1.807, 2.05) is 0 Å². The zero-order valence-electron chi connectivity index (χ0n) is 16.6. The molecule has 0 saturated carbocycles. The first-order chi connectivity index (χ1) is 15.8. The van der Waals surface area contributed by atoms with Gasteiger partial charge in [-0.05, 0) is 24.3 Å². The van der Waals surface area contributed by atoms with Gasteiger partial charge in [0.2, 0.25) is 0 Å². The number of hydrogen-bond donors (Lipinski definition) is 2. The molecule has 3 aromatic carbocycles. The van der Waals surface area contributed by atoms with Crippen LogP contribution in [0.3, 0.4) is 0 Å². The van der Waals surface area contributed by atoms with E-state index in [1.165, 1.54) is 36.5 Å². The van der Waals surface area contributed by atoms with Crippen molar-refractivity contribution in [1.82, 2.24) is 5.43 Å². The molecule has 0 aliphatic heterocycles. The maximum Gasteiger partial charge on any atom is 0.344 e. The fourth-order valence-electron chi connectivity index (χ4n) is 2.65. The van der Waals surface area contributed by atoms with E-state index in [2.05, 4.69) is 10.5 Å². The van der Waals surface area contributed by atoms with E-state index in [0.29, 0.717) is 0 Å². The molecule has 0 radical (unpaired) electrons. The second-order valence-electron chi connectivity index (χ2n) is 6.40. The maximum absolute atomic E-state index is 12.5. The van der Waals surface area contributed by atoms with E-state index >= 15 is 0 Å². The number of carbonyl (C=O) groups excluding carboxylic acids is 2. The molecule has 0 aromatic heterocycles. The summed E-state index contributed by atoms with van der Waals surface area (Å²) in [5.74, 6) is -1.99. The highest BCUT2D eigenvalue weighted by Crippen LogP contribution is 2.25. The third kappa shape index (κ3) is 5.52. The number of para-hydroxylation sites is 2. The number of nitrogens with zero attached hydrogens (tertiary/aromatic N) is 3. The first-order valence-electron chi connectivity index (χ1n) is 9.12. The monoisotopic (exact) mass is 450 g/mol. The lowest BCUT2D eigenvalue weighted by Crippen LogP contribution is -2.17. The number of phenols is 1. The first kappa shape index (κ1) is 22.6. The summed E-state index contributed by atoms with van der Waals surface area (Å²) in [7, 11) is 0. The van der Waals surface area contributed by atoms with Gasteiger partial charge in [-0.1, -0.05) is 24.3 Å². The fourth-order valence-corrected chi connectivity index (χ4v) is 2.65. The molecule has 0 heterocycles. The molecule has 0 atom stereocenters. The van der Waals surface area contributed by atoms with Gasteiger partial charge in [0.25, 0.3) is 17.3 Å². The number of amides is 1. The number of nitro groups is 2. The van der Waals surface area contributed by atoms with Crippen molar-refractivity contribution in [2.75, 3.05) is 0 Å². The summed E-state index contributed by atoms with van der Waals surface area (Å²) in [5.41, 5.74) is 0.800. The van der Waals surface area contributed by atoms with Crippen LogP contribution in [0.25, 0.3) is 0 Å². The van der Waals surface area contributed by atoms with Crippen molar-refractivity contribution >= 4 is 29.5 Å². The second-order valence-corrected chi connectivity index (χ2v) is 6.40. The van der Waals surface area contributed by atoms with Crippen LogP contribution >= 0.6 is 0 Å². The number of ether oxygens (including phenoxy) is 1. The summed E-state index contributed by atoms with van der Waals surface area (Å²) in [6, 6.07) is 14.3. The minimum atomic E-state index is -1.07. The van der Waals surface area contributed by atoms with Crippen LogP contribution in [0.4, 0.5) is 11.4 Å². The quantitative estimate of drug-likeness (QED) is 0.181. The topological polar surface area (TPSA) is 174 Å². The third-order valence-electron chi connectivity index (χ3n) is 4.20. The highest BCUT2D eigenvalue weighted by Gasteiger charge is 2.21. The summed E-state index contributed by atoms with van der Waals surface area (Å²) in [6.07, 6.45) is 1.18. The molecule has 33 heavy (non-hydrogen) atoms. The van der Waals surface area contributed by atoms with Gasteiger partial charge < -0.3 is 9.84 Å². The van der Waals surface area contributed by atoms with Crippen molar-refractivity contribution in [1.29, 1.82) is 0 Å². The smallest absolute Gasteiger partial charge is 0.344 e. The van der Waals surface area contributed by atoms with Crippen molar-refractivity contribution in [3.63, 3.8) is 0 Å². The maximum atomic E-state index is 12.5. The first-order valence-corrected chi connectivity index (χ1v) is 9.12. The molecule has 0 bridgehead atoms. The molecular weight excluding hydrogens is 436 g/mol. The molecule has 2 N–H and O–H groups in total. The number of nitro benzene ring substituents is 2. The molecule has 12 heteroatoms. The van der Waals surface area contributed by atoms with E-state index in [1.54, 1.807) is 18.2 Å². The number of phenolic OH excluding ortho intramolecular Hbond substituents is 1. The molecule has 12 nitrogen and oxygen atoms in total. The van der Waals surface area contributed by atoms with Crippen molar-refractivity contribution in [2.24, 2.45) is 5.10 Å². The average Bonchev–Trinajstić information content (AvgIpc) is 2.80. The normalized spacial score (nSPS) is 10.5. The van der Waals surface area contributed by atoms with E-state index in [0.717, 1.165) is 18.2 Å². The summed E-state index contributed by atoms with van der Waals surface area (Å²) in [5, 5.41) is 35.5. The van der Waals surface area contributed by atoms with Crippen molar-refractivity contribution < 1.29 is 29.3 Å². The Bertz CT molecular complexity index is 1260. The number of hydrazone groups is 1. The van der Waals surface area contributed by atoms with Crippen molar-refractivity contribution in [3.05, 3.63) is 104 Å². The molecule has 3 aromatic rings. The highest BCUT2D eigenvalue weighted by atomic mass is 16.6. The number of aromatic hydroxyl groups is 1. The summed E-state index contributed by atoms with van der Waals surface area (Å²) >= 11 is 0. The fraction of sp³-hybridized carbons (Fsp3) is 0. The van der Waals surface area contributed by atoms with Crippen molar-refractivity contribution in [3.8, 4) is 11.5 Å². The standard InChI is InChI=1S/C21H14N4O8/c26-18-7-3-2-6-17(18)20(27)23-22-12-13-5-1-4-8-19(13)33-21(28)14-9-15(24(29)30)11-16(10-14)25(31)32/h1-12,26H,(H,23,27)/b22-12-. The lowest BCUT2D eigenvalue weighted by Gasteiger charge is -2.07. The number of esters is 1. The van der Waals surface area contributed by atoms with Crippen LogP contribution in [0, 0.1) is 20.2 Å². The predicted octanol–water partition coefficient (Wildman–Crippen LogP) is 3.19. The molecule has 0 spiro atoms. The molecule has 0 aliphatic carbocycles. The van der Waals surface area contributed by atoms with Crippen LogP contribution in [0.2, 0.25) is 0 Å². The van der Waals surface area contributed by atoms with E-state index in [4.69, 9.17) is 4.74 Å². The number of rotatable bonds is 7. The average molecular weight is 450 g/mol. The Morgan fingerprint density at radius 1 is 0.939 bits per heavy atom. The van der Waals surface area contributed by atoms with Gasteiger partial charge in [0.1, 0.15) is 11.5 Å². The van der Waals surface area contributed by atoms with Crippen LogP contribution < -0.4 is 10.2 Å². The Morgan fingerprint density at radius 2 is 1.55 bits per heavy atom. The number of carbonyl (C=O) groups is 2. The number of nitrogens with one attached hydrogen (secondary N) is 1. The lowest BCUT2D eigenvalue weighted by atomic mass is 10.1. The Balaban J connectivity index is 1.80. The van der Waals surface area contributed by atoms with E-state index < -0.39 is 38.7 Å².